The van der Waals surface area contributed by atoms with Crippen LogP contribution in [0.1, 0.15) is 11.4 Å². The van der Waals surface area contributed by atoms with Crippen LogP contribution in [-0.4, -0.2) is 58.7 Å². The Balaban J connectivity index is 1.44. The smallest absolute Gasteiger partial charge is 0.236 e. The van der Waals surface area contributed by atoms with E-state index in [4.69, 9.17) is 0 Å². The number of rotatable bonds is 4. The summed E-state index contributed by atoms with van der Waals surface area (Å²) in [5.74, 6) is 1.52. The number of hydrogen-bond acceptors (Lipinski definition) is 6. The molecule has 1 fully saturated rings. The predicted molar refractivity (Wildman–Crippen MR) is 104 cm³/mol. The molecule has 0 amide bonds. The van der Waals surface area contributed by atoms with Gasteiger partial charge in [-0.2, -0.15) is 8.82 Å². The van der Waals surface area contributed by atoms with Crippen molar-refractivity contribution in [1.82, 2.24) is 24.1 Å². The third-order valence-electron chi connectivity index (χ3n) is 4.56. The molecular weight excluding hydrogens is 364 g/mol. The highest BCUT2D eigenvalue weighted by Gasteiger charge is 2.26. The Labute approximate surface area is 157 Å². The first kappa shape index (κ1) is 17.6. The third kappa shape index (κ3) is 3.69. The van der Waals surface area contributed by atoms with Gasteiger partial charge in [0.25, 0.3) is 0 Å². The van der Waals surface area contributed by atoms with Crippen LogP contribution in [0.2, 0.25) is 0 Å². The van der Waals surface area contributed by atoms with Crippen LogP contribution in [0.5, 0.6) is 0 Å². The number of anilines is 1. The first-order valence-electron chi connectivity index (χ1n) is 8.70. The second-order valence-electron chi connectivity index (χ2n) is 6.35. The molecule has 0 unspecified atom stereocenters. The second-order valence-corrected chi connectivity index (χ2v) is 8.17. The van der Waals surface area contributed by atoms with Crippen LogP contribution in [0, 0.1) is 6.92 Å². The molecule has 1 aromatic carbocycles. The number of aromatic nitrogens is 4. The summed E-state index contributed by atoms with van der Waals surface area (Å²) < 4.78 is 28.3. The number of hydrogen-bond donors (Lipinski definition) is 0. The molecule has 0 radical (unpaired) electrons. The Morgan fingerprint density at radius 2 is 1.70 bits per heavy atom. The van der Waals surface area contributed by atoms with Gasteiger partial charge in [0.15, 0.2) is 11.5 Å². The van der Waals surface area contributed by atoms with Gasteiger partial charge in [-0.1, -0.05) is 30.3 Å². The standard InChI is InChI=1S/C18H20N6O2S/c1-15-19-20-17-7-8-18(21-24(15)17)22-10-12-23(13-11-22)27(25,26)14-9-16-5-3-2-4-6-16/h2-9,14H,10-13H2,1H3/b14-9+. The van der Waals surface area contributed by atoms with Crippen LogP contribution in [-0.2, 0) is 10.0 Å². The highest BCUT2D eigenvalue weighted by atomic mass is 32.2. The van der Waals surface area contributed by atoms with E-state index in [2.05, 4.69) is 20.2 Å². The molecule has 1 saturated heterocycles. The molecule has 2 aromatic heterocycles. The topological polar surface area (TPSA) is 83.7 Å². The molecule has 3 aromatic rings. The first-order valence-corrected chi connectivity index (χ1v) is 10.2. The molecule has 4 rings (SSSR count). The van der Waals surface area contributed by atoms with Crippen LogP contribution < -0.4 is 4.90 Å². The van der Waals surface area contributed by atoms with Gasteiger partial charge in [0.2, 0.25) is 10.0 Å². The maximum atomic E-state index is 12.6. The van der Waals surface area contributed by atoms with Crippen molar-refractivity contribution >= 4 is 27.6 Å². The highest BCUT2D eigenvalue weighted by molar-refractivity contribution is 7.92. The van der Waals surface area contributed by atoms with Gasteiger partial charge in [-0.15, -0.1) is 15.3 Å². The minimum atomic E-state index is -3.44. The number of sulfonamides is 1. The molecule has 0 N–H and O–H groups in total. The van der Waals surface area contributed by atoms with Gasteiger partial charge in [0, 0.05) is 31.6 Å². The summed E-state index contributed by atoms with van der Waals surface area (Å²) in [6.45, 7) is 3.85. The van der Waals surface area contributed by atoms with Crippen LogP contribution in [0.25, 0.3) is 11.7 Å². The van der Waals surface area contributed by atoms with Crippen molar-refractivity contribution < 1.29 is 8.42 Å². The summed E-state index contributed by atoms with van der Waals surface area (Å²) in [7, 11) is -3.44. The zero-order valence-electron chi connectivity index (χ0n) is 14.9. The third-order valence-corrected chi connectivity index (χ3v) is 6.12. The van der Waals surface area contributed by atoms with Gasteiger partial charge in [-0.3, -0.25) is 0 Å². The average Bonchev–Trinajstić information content (AvgIpc) is 3.08. The van der Waals surface area contributed by atoms with Crippen molar-refractivity contribution in [3.8, 4) is 0 Å². The van der Waals surface area contributed by atoms with Gasteiger partial charge in [-0.25, -0.2) is 8.42 Å². The van der Waals surface area contributed by atoms with E-state index < -0.39 is 10.0 Å². The van der Waals surface area contributed by atoms with E-state index in [1.165, 1.54) is 9.71 Å². The van der Waals surface area contributed by atoms with Crippen molar-refractivity contribution in [3.05, 3.63) is 59.3 Å². The van der Waals surface area contributed by atoms with Crippen molar-refractivity contribution in [2.24, 2.45) is 0 Å². The Kier molecular flexibility index (Phi) is 4.63. The fourth-order valence-corrected chi connectivity index (χ4v) is 4.22. The molecule has 0 atom stereocenters. The minimum Gasteiger partial charge on any atom is -0.353 e. The number of fused-ring (bicyclic) bond motifs is 1. The van der Waals surface area contributed by atoms with Gasteiger partial charge in [-0.05, 0) is 30.7 Å². The fraction of sp³-hybridized carbons (Fsp3) is 0.278. The Bertz CT molecular complexity index is 1070. The summed E-state index contributed by atoms with van der Waals surface area (Å²) in [6, 6.07) is 13.2. The van der Waals surface area contributed by atoms with Gasteiger partial charge in [0.05, 0.1) is 0 Å². The van der Waals surface area contributed by atoms with E-state index in [-0.39, 0.29) is 0 Å². The molecule has 0 aliphatic carbocycles. The number of piperazine rings is 1. The molecule has 8 nitrogen and oxygen atoms in total. The quantitative estimate of drug-likeness (QED) is 0.679. The first-order chi connectivity index (χ1) is 13.0. The summed E-state index contributed by atoms with van der Waals surface area (Å²) in [4.78, 5) is 2.08. The van der Waals surface area contributed by atoms with E-state index >= 15 is 0 Å². The largest absolute Gasteiger partial charge is 0.353 e. The fourth-order valence-electron chi connectivity index (χ4n) is 3.04. The maximum Gasteiger partial charge on any atom is 0.236 e. The summed E-state index contributed by atoms with van der Waals surface area (Å²) in [6.07, 6.45) is 1.63. The molecule has 27 heavy (non-hydrogen) atoms. The molecule has 1 aliphatic heterocycles. The molecule has 1 aliphatic rings. The lowest BCUT2D eigenvalue weighted by molar-refractivity contribution is 0.388. The van der Waals surface area contributed by atoms with Crippen molar-refractivity contribution in [3.63, 3.8) is 0 Å². The zero-order valence-corrected chi connectivity index (χ0v) is 15.7. The van der Waals surface area contributed by atoms with Crippen LogP contribution in [0.3, 0.4) is 0 Å². The molecular formula is C18H20N6O2S. The monoisotopic (exact) mass is 384 g/mol. The Morgan fingerprint density at radius 1 is 0.963 bits per heavy atom. The van der Waals surface area contributed by atoms with Crippen molar-refractivity contribution in [2.45, 2.75) is 6.92 Å². The van der Waals surface area contributed by atoms with Crippen LogP contribution in [0.4, 0.5) is 5.82 Å². The van der Waals surface area contributed by atoms with Gasteiger partial charge >= 0.3 is 0 Å². The molecule has 9 heteroatoms. The van der Waals surface area contributed by atoms with E-state index in [9.17, 15) is 8.42 Å². The zero-order chi connectivity index (χ0) is 18.9. The SMILES string of the molecule is Cc1nnc2ccc(N3CCN(S(=O)(=O)/C=C/c4ccccc4)CC3)nn12. The van der Waals surface area contributed by atoms with Crippen LogP contribution >= 0.6 is 0 Å². The van der Waals surface area contributed by atoms with E-state index in [0.717, 1.165) is 17.2 Å². The minimum absolute atomic E-state index is 0.419. The van der Waals surface area contributed by atoms with Crippen LogP contribution in [0.15, 0.2) is 47.9 Å². The lowest BCUT2D eigenvalue weighted by Gasteiger charge is -2.33. The molecule has 140 valence electrons. The van der Waals surface area contributed by atoms with Gasteiger partial charge in [0.1, 0.15) is 5.82 Å². The Morgan fingerprint density at radius 3 is 2.44 bits per heavy atom. The van der Waals surface area contributed by atoms with E-state index in [1.807, 2.05) is 49.4 Å². The van der Waals surface area contributed by atoms with Gasteiger partial charge < -0.3 is 4.90 Å². The summed E-state index contributed by atoms with van der Waals surface area (Å²) in [5.41, 5.74) is 1.56. The lowest BCUT2D eigenvalue weighted by Crippen LogP contribution is -2.48. The maximum absolute atomic E-state index is 12.6. The number of nitrogens with zero attached hydrogens (tertiary/aromatic N) is 6. The molecule has 3 heterocycles. The summed E-state index contributed by atoms with van der Waals surface area (Å²) in [5, 5.41) is 13.9. The predicted octanol–water partition coefficient (Wildman–Crippen LogP) is 1.56. The second kappa shape index (κ2) is 7.09. The number of benzene rings is 1. The molecule has 0 bridgehead atoms. The lowest BCUT2D eigenvalue weighted by atomic mass is 10.2. The molecule has 0 spiro atoms. The average molecular weight is 384 g/mol. The van der Waals surface area contributed by atoms with Crippen molar-refractivity contribution in [1.29, 1.82) is 0 Å². The van der Waals surface area contributed by atoms with E-state index in [0.29, 0.717) is 31.8 Å². The van der Waals surface area contributed by atoms with Crippen molar-refractivity contribution in [2.75, 3.05) is 31.1 Å². The number of aryl methyl sites for hydroxylation is 1. The normalized spacial score (nSPS) is 16.4. The van der Waals surface area contributed by atoms with E-state index in [1.54, 1.807) is 10.6 Å². The summed E-state index contributed by atoms with van der Waals surface area (Å²) >= 11 is 0. The molecule has 0 saturated carbocycles. The highest BCUT2D eigenvalue weighted by Crippen LogP contribution is 2.17. The Hall–Kier alpha value is -2.78.